The van der Waals surface area contributed by atoms with Gasteiger partial charge in [-0.15, -0.1) is 0 Å². The van der Waals surface area contributed by atoms with Gasteiger partial charge in [0, 0.05) is 34.0 Å². The normalized spacial score (nSPS) is 12.5. The van der Waals surface area contributed by atoms with E-state index in [0.29, 0.717) is 0 Å². The van der Waals surface area contributed by atoms with E-state index in [2.05, 4.69) is 234 Å². The lowest BCUT2D eigenvalue weighted by atomic mass is 9.33. The Morgan fingerprint density at radius 1 is 0.263 bits per heavy atom. The molecule has 0 radical (unpaired) electrons. The first-order valence-corrected chi connectivity index (χ1v) is 19.7. The predicted octanol–water partition coefficient (Wildman–Crippen LogP) is 12.4. The minimum absolute atomic E-state index is 0.00313. The second-order valence-electron chi connectivity index (χ2n) is 14.9. The monoisotopic (exact) mass is 724 g/mol. The first kappa shape index (κ1) is 33.0. The van der Waals surface area contributed by atoms with Crippen LogP contribution in [-0.2, 0) is 0 Å². The van der Waals surface area contributed by atoms with Crippen molar-refractivity contribution >= 4 is 57.2 Å². The summed E-state index contributed by atoms with van der Waals surface area (Å²) in [6.07, 6.45) is 0. The van der Waals surface area contributed by atoms with Gasteiger partial charge in [-0.1, -0.05) is 182 Å². The van der Waals surface area contributed by atoms with E-state index in [1.54, 1.807) is 0 Å². The van der Waals surface area contributed by atoms with E-state index in [1.165, 1.54) is 83.6 Å². The second-order valence-corrected chi connectivity index (χ2v) is 14.9. The second kappa shape index (κ2) is 13.7. The number of hydrogen-bond acceptors (Lipinski definition) is 2. The molecule has 266 valence electrons. The Balaban J connectivity index is 1.21. The summed E-state index contributed by atoms with van der Waals surface area (Å²) < 4.78 is 0. The van der Waals surface area contributed by atoms with Crippen LogP contribution in [0.25, 0.3) is 44.5 Å². The van der Waals surface area contributed by atoms with Gasteiger partial charge in [-0.05, 0) is 97.8 Å². The molecule has 9 aromatic carbocycles. The standard InChI is InChI=1S/C54H37BN2/c1-5-17-38(18-6-1)42-25-15-26-45(35-42)56-51-29-16-30-52-54(51)55(47-33-31-44(37-53(47)56)40-21-9-3-10-22-40)48-36-43(39-19-7-2-8-20-39)32-34-50(48)57(52)49-28-14-13-27-46(49)41-23-11-4-12-24-41/h1-37H. The topological polar surface area (TPSA) is 6.48 Å². The van der Waals surface area contributed by atoms with Crippen LogP contribution in [0.3, 0.4) is 0 Å². The summed E-state index contributed by atoms with van der Waals surface area (Å²) >= 11 is 0. The maximum Gasteiger partial charge on any atom is 0.252 e. The molecule has 2 aliphatic rings. The Labute approximate surface area is 334 Å². The lowest BCUT2D eigenvalue weighted by Gasteiger charge is -2.44. The molecule has 0 spiro atoms. The van der Waals surface area contributed by atoms with Crippen molar-refractivity contribution < 1.29 is 0 Å². The van der Waals surface area contributed by atoms with Crippen molar-refractivity contribution in [1.29, 1.82) is 0 Å². The molecule has 2 aliphatic heterocycles. The van der Waals surface area contributed by atoms with Gasteiger partial charge < -0.3 is 9.80 Å². The number of anilines is 6. The molecule has 2 nitrogen and oxygen atoms in total. The fraction of sp³-hybridized carbons (Fsp3) is 0. The van der Waals surface area contributed by atoms with Crippen molar-refractivity contribution in [1.82, 2.24) is 0 Å². The highest BCUT2D eigenvalue weighted by molar-refractivity contribution is 7.00. The van der Waals surface area contributed by atoms with E-state index in [-0.39, 0.29) is 6.71 Å². The molecule has 9 aromatic rings. The Bertz CT molecular complexity index is 2910. The number of nitrogens with zero attached hydrogens (tertiary/aromatic N) is 2. The molecule has 0 atom stereocenters. The third kappa shape index (κ3) is 5.59. The van der Waals surface area contributed by atoms with Gasteiger partial charge in [0.2, 0.25) is 0 Å². The number of rotatable bonds is 6. The van der Waals surface area contributed by atoms with Crippen molar-refractivity contribution in [2.75, 3.05) is 9.80 Å². The predicted molar refractivity (Wildman–Crippen MR) is 242 cm³/mol. The maximum absolute atomic E-state index is 2.52. The average molecular weight is 725 g/mol. The lowest BCUT2D eigenvalue weighted by molar-refractivity contribution is 1.25. The zero-order valence-electron chi connectivity index (χ0n) is 31.3. The Kier molecular flexibility index (Phi) is 7.96. The van der Waals surface area contributed by atoms with Gasteiger partial charge in [-0.2, -0.15) is 0 Å². The van der Waals surface area contributed by atoms with E-state index >= 15 is 0 Å². The minimum atomic E-state index is 0.00313. The highest BCUT2D eigenvalue weighted by atomic mass is 15.2. The number of para-hydroxylation sites is 1. The SMILES string of the molecule is c1ccc(-c2cccc(N3c4cc(-c5ccccc5)ccc4B4c5cc(-c6ccccc6)ccc5N(c5ccccc5-c5ccccc5)c5cccc3c54)c2)cc1. The summed E-state index contributed by atoms with van der Waals surface area (Å²) in [6, 6.07) is 82.0. The van der Waals surface area contributed by atoms with Crippen LogP contribution in [0.5, 0.6) is 0 Å². The van der Waals surface area contributed by atoms with E-state index in [1.807, 2.05) is 0 Å². The van der Waals surface area contributed by atoms with E-state index < -0.39 is 0 Å². The molecule has 2 heterocycles. The van der Waals surface area contributed by atoms with Gasteiger partial charge >= 0.3 is 0 Å². The number of benzene rings is 9. The molecule has 0 saturated carbocycles. The first-order chi connectivity index (χ1) is 28.3. The molecule has 0 aliphatic carbocycles. The zero-order chi connectivity index (χ0) is 37.7. The molecular formula is C54H37BN2. The number of fused-ring (bicyclic) bond motifs is 4. The molecule has 0 amide bonds. The van der Waals surface area contributed by atoms with Crippen LogP contribution in [0.4, 0.5) is 34.1 Å². The smallest absolute Gasteiger partial charge is 0.252 e. The molecule has 57 heavy (non-hydrogen) atoms. The summed E-state index contributed by atoms with van der Waals surface area (Å²) in [5, 5.41) is 0. The largest absolute Gasteiger partial charge is 0.311 e. The van der Waals surface area contributed by atoms with Crippen molar-refractivity contribution in [3.63, 3.8) is 0 Å². The Morgan fingerprint density at radius 2 is 0.754 bits per heavy atom. The van der Waals surface area contributed by atoms with Crippen LogP contribution < -0.4 is 26.2 Å². The summed E-state index contributed by atoms with van der Waals surface area (Å²) in [5.41, 5.74) is 20.6. The molecule has 3 heteroatoms. The Morgan fingerprint density at radius 3 is 1.42 bits per heavy atom. The summed E-state index contributed by atoms with van der Waals surface area (Å²) in [6.45, 7) is 0.00313. The quantitative estimate of drug-likeness (QED) is 0.158. The van der Waals surface area contributed by atoms with Crippen molar-refractivity contribution in [2.24, 2.45) is 0 Å². The van der Waals surface area contributed by atoms with Crippen LogP contribution in [0.1, 0.15) is 0 Å². The third-order valence-corrected chi connectivity index (χ3v) is 11.6. The van der Waals surface area contributed by atoms with Gasteiger partial charge in [0.1, 0.15) is 0 Å². The Hall–Kier alpha value is -7.36. The van der Waals surface area contributed by atoms with Crippen molar-refractivity contribution in [3.05, 3.63) is 224 Å². The lowest BCUT2D eigenvalue weighted by Crippen LogP contribution is -2.61. The number of hydrogen-bond donors (Lipinski definition) is 0. The molecule has 0 fully saturated rings. The van der Waals surface area contributed by atoms with E-state index in [0.717, 1.165) is 11.4 Å². The van der Waals surface area contributed by atoms with Gasteiger partial charge in [-0.3, -0.25) is 0 Å². The first-order valence-electron chi connectivity index (χ1n) is 19.7. The summed E-state index contributed by atoms with van der Waals surface area (Å²) in [7, 11) is 0. The maximum atomic E-state index is 2.52. The van der Waals surface area contributed by atoms with Crippen LogP contribution in [-0.4, -0.2) is 6.71 Å². The fourth-order valence-electron chi connectivity index (χ4n) is 9.08. The average Bonchev–Trinajstić information content (AvgIpc) is 3.30. The van der Waals surface area contributed by atoms with Crippen molar-refractivity contribution in [2.45, 2.75) is 0 Å². The zero-order valence-corrected chi connectivity index (χ0v) is 31.3. The van der Waals surface area contributed by atoms with E-state index in [9.17, 15) is 0 Å². The van der Waals surface area contributed by atoms with Crippen LogP contribution >= 0.6 is 0 Å². The summed E-state index contributed by atoms with van der Waals surface area (Å²) in [5.74, 6) is 0. The van der Waals surface area contributed by atoms with E-state index in [4.69, 9.17) is 0 Å². The molecule has 0 saturated heterocycles. The van der Waals surface area contributed by atoms with Crippen LogP contribution in [0.2, 0.25) is 0 Å². The van der Waals surface area contributed by atoms with Gasteiger partial charge in [-0.25, -0.2) is 0 Å². The molecule has 11 rings (SSSR count). The molecule has 0 aromatic heterocycles. The van der Waals surface area contributed by atoms with Crippen molar-refractivity contribution in [3.8, 4) is 44.5 Å². The molecule has 0 N–H and O–H groups in total. The van der Waals surface area contributed by atoms with Crippen LogP contribution in [0, 0.1) is 0 Å². The van der Waals surface area contributed by atoms with Gasteiger partial charge in [0.15, 0.2) is 0 Å². The summed E-state index contributed by atoms with van der Waals surface area (Å²) in [4.78, 5) is 5.03. The highest BCUT2D eigenvalue weighted by Crippen LogP contribution is 2.47. The van der Waals surface area contributed by atoms with Gasteiger partial charge in [0.05, 0.1) is 5.69 Å². The molecular weight excluding hydrogens is 687 g/mol. The molecule has 0 unspecified atom stereocenters. The van der Waals surface area contributed by atoms with Gasteiger partial charge in [0.25, 0.3) is 6.71 Å². The fourth-order valence-corrected chi connectivity index (χ4v) is 9.08. The molecule has 0 bridgehead atoms. The van der Waals surface area contributed by atoms with Crippen LogP contribution in [0.15, 0.2) is 224 Å². The minimum Gasteiger partial charge on any atom is -0.311 e. The highest BCUT2D eigenvalue weighted by Gasteiger charge is 2.43. The third-order valence-electron chi connectivity index (χ3n) is 11.6.